The molecule has 7 nitrogen and oxygen atoms in total. The van der Waals surface area contributed by atoms with Gasteiger partial charge < -0.3 is 10.3 Å². The highest BCUT2D eigenvalue weighted by molar-refractivity contribution is 5.70. The molecule has 0 radical (unpaired) electrons. The Kier molecular flexibility index (Phi) is 5.18. The van der Waals surface area contributed by atoms with Gasteiger partial charge >= 0.3 is 5.69 Å². The Morgan fingerprint density at radius 2 is 1.82 bits per heavy atom. The van der Waals surface area contributed by atoms with Crippen LogP contribution in [0.4, 0.5) is 0 Å². The van der Waals surface area contributed by atoms with Gasteiger partial charge in [0.2, 0.25) is 0 Å². The van der Waals surface area contributed by atoms with Crippen LogP contribution in [0.25, 0.3) is 11.2 Å². The Balaban J connectivity index is 2.05. The lowest BCUT2D eigenvalue weighted by molar-refractivity contribution is 0.560. The van der Waals surface area contributed by atoms with E-state index < -0.39 is 5.69 Å². The molecule has 0 aromatic carbocycles. The largest absolute Gasteiger partial charge is 0.329 e. The number of nitrogens with two attached hydrogens (primary N) is 1. The van der Waals surface area contributed by atoms with Crippen molar-refractivity contribution in [2.75, 3.05) is 0 Å². The molecule has 0 spiro atoms. The first-order valence-electron chi connectivity index (χ1n) is 7.82. The Morgan fingerprint density at radius 3 is 2.50 bits per heavy atom. The molecule has 2 rings (SSSR count). The lowest BCUT2D eigenvalue weighted by Crippen LogP contribution is -2.29. The number of H-pyrrole nitrogens is 1. The van der Waals surface area contributed by atoms with Crippen molar-refractivity contribution in [3.8, 4) is 0 Å². The fourth-order valence-electron chi connectivity index (χ4n) is 2.68. The summed E-state index contributed by atoms with van der Waals surface area (Å²) >= 11 is 0. The zero-order valence-electron chi connectivity index (χ0n) is 13.6. The van der Waals surface area contributed by atoms with E-state index in [4.69, 9.17) is 5.73 Å². The van der Waals surface area contributed by atoms with Crippen LogP contribution >= 0.6 is 0 Å². The van der Waals surface area contributed by atoms with E-state index in [-0.39, 0.29) is 11.6 Å². The van der Waals surface area contributed by atoms with Crippen LogP contribution in [0.3, 0.4) is 0 Å². The molecule has 0 fully saturated rings. The average molecular weight is 307 g/mol. The first kappa shape index (κ1) is 16.5. The van der Waals surface area contributed by atoms with Crippen LogP contribution in [0, 0.1) is 0 Å². The van der Waals surface area contributed by atoms with Crippen molar-refractivity contribution in [1.29, 1.82) is 0 Å². The third kappa shape index (κ3) is 3.47. The van der Waals surface area contributed by atoms with Gasteiger partial charge in [-0.2, -0.15) is 0 Å². The minimum Gasteiger partial charge on any atom is -0.328 e. The van der Waals surface area contributed by atoms with Crippen LogP contribution in [0.2, 0.25) is 0 Å². The summed E-state index contributed by atoms with van der Waals surface area (Å²) in [6.45, 7) is 2.03. The Bertz CT molecular complexity index is 754. The first-order chi connectivity index (χ1) is 10.4. The zero-order valence-corrected chi connectivity index (χ0v) is 13.6. The maximum Gasteiger partial charge on any atom is 0.329 e. The summed E-state index contributed by atoms with van der Waals surface area (Å²) < 4.78 is 3.17. The Labute approximate surface area is 129 Å². The standard InChI is InChI=1S/C15H25N5O2/c1-10(16)8-6-4-5-7-9-11-17-13-12(19(11)2)14(21)18-15(22)20(13)3/h10H,4-9,16H2,1-3H3,(H,18,21,22). The molecule has 0 aliphatic carbocycles. The van der Waals surface area contributed by atoms with Gasteiger partial charge in [0, 0.05) is 26.6 Å². The van der Waals surface area contributed by atoms with Gasteiger partial charge in [0.1, 0.15) is 5.82 Å². The zero-order chi connectivity index (χ0) is 16.3. The molecular formula is C15H25N5O2. The van der Waals surface area contributed by atoms with Crippen LogP contribution in [-0.2, 0) is 20.5 Å². The van der Waals surface area contributed by atoms with Crippen molar-refractivity contribution < 1.29 is 0 Å². The maximum atomic E-state index is 11.9. The van der Waals surface area contributed by atoms with Crippen molar-refractivity contribution in [3.63, 3.8) is 0 Å². The number of unbranched alkanes of at least 4 members (excludes halogenated alkanes) is 3. The van der Waals surface area contributed by atoms with Gasteiger partial charge in [0.15, 0.2) is 11.2 Å². The topological polar surface area (TPSA) is 98.7 Å². The van der Waals surface area contributed by atoms with Crippen LogP contribution < -0.4 is 17.0 Å². The lowest BCUT2D eigenvalue weighted by atomic mass is 10.1. The van der Waals surface area contributed by atoms with Gasteiger partial charge in [0.25, 0.3) is 5.56 Å². The van der Waals surface area contributed by atoms with E-state index in [9.17, 15) is 9.59 Å². The van der Waals surface area contributed by atoms with E-state index in [1.807, 2.05) is 14.0 Å². The number of hydrogen-bond acceptors (Lipinski definition) is 4. The van der Waals surface area contributed by atoms with Gasteiger partial charge in [-0.25, -0.2) is 9.78 Å². The lowest BCUT2D eigenvalue weighted by Gasteiger charge is -2.04. The number of hydrogen-bond donors (Lipinski definition) is 2. The molecule has 1 unspecified atom stereocenters. The van der Waals surface area contributed by atoms with Crippen molar-refractivity contribution in [3.05, 3.63) is 26.7 Å². The van der Waals surface area contributed by atoms with Gasteiger partial charge in [0.05, 0.1) is 0 Å². The number of aromatic nitrogens is 4. The number of rotatable bonds is 7. The van der Waals surface area contributed by atoms with E-state index in [1.165, 1.54) is 4.57 Å². The maximum absolute atomic E-state index is 11.9. The molecule has 2 heterocycles. The molecule has 2 aromatic rings. The first-order valence-corrected chi connectivity index (χ1v) is 7.82. The molecule has 0 aliphatic rings. The number of nitrogens with zero attached hydrogens (tertiary/aromatic N) is 3. The van der Waals surface area contributed by atoms with Crippen molar-refractivity contribution >= 4 is 11.2 Å². The predicted molar refractivity (Wildman–Crippen MR) is 87.0 cm³/mol. The molecule has 0 bridgehead atoms. The van der Waals surface area contributed by atoms with E-state index in [0.717, 1.165) is 44.3 Å². The quantitative estimate of drug-likeness (QED) is 0.739. The van der Waals surface area contributed by atoms with Crippen molar-refractivity contribution in [2.24, 2.45) is 19.8 Å². The minimum atomic E-state index is -0.432. The van der Waals surface area contributed by atoms with Crippen LogP contribution in [0.5, 0.6) is 0 Å². The molecule has 0 saturated carbocycles. The third-order valence-electron chi connectivity index (χ3n) is 4.04. The summed E-state index contributed by atoms with van der Waals surface area (Å²) in [6, 6.07) is 0.271. The number of aromatic amines is 1. The van der Waals surface area contributed by atoms with Crippen molar-refractivity contribution in [1.82, 2.24) is 19.1 Å². The fraction of sp³-hybridized carbons (Fsp3) is 0.667. The summed E-state index contributed by atoms with van der Waals surface area (Å²) in [4.78, 5) is 30.3. The van der Waals surface area contributed by atoms with Gasteiger partial charge in [-0.3, -0.25) is 14.3 Å². The third-order valence-corrected chi connectivity index (χ3v) is 4.04. The second-order valence-corrected chi connectivity index (χ2v) is 6.01. The van der Waals surface area contributed by atoms with Gasteiger partial charge in [-0.1, -0.05) is 19.3 Å². The predicted octanol–water partition coefficient (Wildman–Crippen LogP) is 0.801. The molecule has 2 aromatic heterocycles. The SMILES string of the molecule is CC(N)CCCCCCc1nc2c(c(=O)[nH]c(=O)n2C)n1C. The molecular weight excluding hydrogens is 282 g/mol. The highest BCUT2D eigenvalue weighted by atomic mass is 16.2. The Hall–Kier alpha value is -1.89. The molecule has 0 saturated heterocycles. The fourth-order valence-corrected chi connectivity index (χ4v) is 2.68. The number of imidazole rings is 1. The molecule has 0 amide bonds. The monoisotopic (exact) mass is 307 g/mol. The molecule has 3 N–H and O–H groups in total. The summed E-state index contributed by atoms with van der Waals surface area (Å²) in [5, 5.41) is 0. The Morgan fingerprint density at radius 1 is 1.14 bits per heavy atom. The normalized spacial score (nSPS) is 12.9. The second kappa shape index (κ2) is 6.91. The van der Waals surface area contributed by atoms with Crippen LogP contribution in [0.1, 0.15) is 44.9 Å². The van der Waals surface area contributed by atoms with E-state index >= 15 is 0 Å². The average Bonchev–Trinajstić information content (AvgIpc) is 2.78. The number of fused-ring (bicyclic) bond motifs is 1. The van der Waals surface area contributed by atoms with Gasteiger partial charge in [-0.15, -0.1) is 0 Å². The highest BCUT2D eigenvalue weighted by Crippen LogP contribution is 2.12. The molecule has 0 aliphatic heterocycles. The molecule has 7 heteroatoms. The second-order valence-electron chi connectivity index (χ2n) is 6.01. The molecule has 122 valence electrons. The van der Waals surface area contributed by atoms with E-state index in [2.05, 4.69) is 9.97 Å². The number of nitrogens with one attached hydrogen (secondary N) is 1. The van der Waals surface area contributed by atoms with Crippen LogP contribution in [0.15, 0.2) is 9.59 Å². The van der Waals surface area contributed by atoms with E-state index in [1.54, 1.807) is 11.6 Å². The van der Waals surface area contributed by atoms with E-state index in [0.29, 0.717) is 11.2 Å². The van der Waals surface area contributed by atoms with Gasteiger partial charge in [-0.05, 0) is 19.8 Å². The molecule has 22 heavy (non-hydrogen) atoms. The summed E-state index contributed by atoms with van der Waals surface area (Å²) in [5.41, 5.74) is 5.82. The minimum absolute atomic E-state index is 0.271. The van der Waals surface area contributed by atoms with Crippen molar-refractivity contribution in [2.45, 2.75) is 51.5 Å². The highest BCUT2D eigenvalue weighted by Gasteiger charge is 2.14. The number of aryl methyl sites for hydroxylation is 3. The summed E-state index contributed by atoms with van der Waals surface area (Å²) in [7, 11) is 3.44. The molecule has 1 atom stereocenters. The smallest absolute Gasteiger partial charge is 0.328 e. The summed E-state index contributed by atoms with van der Waals surface area (Å²) in [6.07, 6.45) is 6.30. The van der Waals surface area contributed by atoms with Crippen LogP contribution in [-0.4, -0.2) is 25.1 Å². The summed E-state index contributed by atoms with van der Waals surface area (Å²) in [5.74, 6) is 0.842.